The normalized spacial score (nSPS) is 9.57. The van der Waals surface area contributed by atoms with E-state index in [1.165, 1.54) is 12.1 Å². The molecule has 0 fully saturated rings. The fraction of sp³-hybridized carbons (Fsp3) is 0. The number of carboxylic acids is 1. The van der Waals surface area contributed by atoms with E-state index in [2.05, 4.69) is 0 Å². The van der Waals surface area contributed by atoms with E-state index in [4.69, 9.17) is 10.9 Å². The summed E-state index contributed by atoms with van der Waals surface area (Å²) in [6, 6.07) is 3.36. The predicted molar refractivity (Wildman–Crippen MR) is 45.0 cm³/mol. The third-order valence-electron chi connectivity index (χ3n) is 1.60. The molecule has 1 aromatic rings. The average Bonchev–Trinajstić information content (AvgIpc) is 2.15. The molecule has 0 radical (unpaired) electrons. The van der Waals surface area contributed by atoms with Gasteiger partial charge in [0.15, 0.2) is 0 Å². The number of nitrogen functional groups attached to an aromatic ring is 1. The minimum absolute atomic E-state index is 0.306. The molecule has 6 heteroatoms. The van der Waals surface area contributed by atoms with Crippen LogP contribution in [0.4, 0.5) is 4.39 Å². The Balaban J connectivity index is 3.35. The van der Waals surface area contributed by atoms with Crippen LogP contribution >= 0.6 is 0 Å². The molecule has 0 aliphatic carbocycles. The number of nitrogens with one attached hydrogen (secondary N) is 1. The second kappa shape index (κ2) is 3.84. The first-order valence-corrected chi connectivity index (χ1v) is 3.60. The van der Waals surface area contributed by atoms with Crippen molar-refractivity contribution < 1.29 is 19.1 Å². The van der Waals surface area contributed by atoms with Crippen molar-refractivity contribution in [2.45, 2.75) is 0 Å². The van der Waals surface area contributed by atoms with Crippen molar-refractivity contribution >= 4 is 11.9 Å². The van der Waals surface area contributed by atoms with Gasteiger partial charge in [-0.3, -0.25) is 10.2 Å². The highest BCUT2D eigenvalue weighted by Crippen LogP contribution is 2.13. The first-order chi connectivity index (χ1) is 6.57. The van der Waals surface area contributed by atoms with Gasteiger partial charge in [0.2, 0.25) is 0 Å². The van der Waals surface area contributed by atoms with Crippen molar-refractivity contribution in [3.05, 3.63) is 35.1 Å². The second-order valence-electron chi connectivity index (χ2n) is 2.44. The molecule has 0 saturated heterocycles. The lowest BCUT2D eigenvalue weighted by Crippen LogP contribution is -2.31. The Bertz CT molecular complexity index is 392. The van der Waals surface area contributed by atoms with Crippen LogP contribution in [0.15, 0.2) is 18.2 Å². The van der Waals surface area contributed by atoms with Crippen molar-refractivity contribution in [1.29, 1.82) is 0 Å². The van der Waals surface area contributed by atoms with E-state index in [0.717, 1.165) is 6.07 Å². The van der Waals surface area contributed by atoms with Crippen molar-refractivity contribution in [2.24, 2.45) is 5.84 Å². The van der Waals surface area contributed by atoms with Crippen LogP contribution in [-0.4, -0.2) is 17.0 Å². The molecular weight excluding hydrogens is 191 g/mol. The van der Waals surface area contributed by atoms with Crippen molar-refractivity contribution in [2.75, 3.05) is 0 Å². The lowest BCUT2D eigenvalue weighted by atomic mass is 10.1. The summed E-state index contributed by atoms with van der Waals surface area (Å²) in [5.74, 6) is 1.48. The van der Waals surface area contributed by atoms with Gasteiger partial charge in [-0.1, -0.05) is 6.07 Å². The first-order valence-electron chi connectivity index (χ1n) is 3.60. The number of halogens is 1. The number of amides is 1. The van der Waals surface area contributed by atoms with Crippen LogP contribution in [0.25, 0.3) is 0 Å². The molecule has 0 bridgehead atoms. The number of carbonyl (C=O) groups excluding carboxylic acids is 1. The summed E-state index contributed by atoms with van der Waals surface area (Å²) < 4.78 is 13.0. The van der Waals surface area contributed by atoms with Crippen LogP contribution in [0.5, 0.6) is 0 Å². The Kier molecular flexibility index (Phi) is 2.78. The molecule has 0 heterocycles. The summed E-state index contributed by atoms with van der Waals surface area (Å²) in [5, 5.41) is 8.63. The van der Waals surface area contributed by atoms with E-state index in [0.29, 0.717) is 0 Å². The molecular formula is C8H7FN2O3. The summed E-state index contributed by atoms with van der Waals surface area (Å²) in [6.07, 6.45) is 0. The number of hydrazine groups is 1. The molecule has 5 nitrogen and oxygen atoms in total. The van der Waals surface area contributed by atoms with Gasteiger partial charge in [0, 0.05) is 0 Å². The molecule has 4 N–H and O–H groups in total. The lowest BCUT2D eigenvalue weighted by molar-refractivity contribution is 0.0685. The molecule has 0 saturated carbocycles. The maximum Gasteiger partial charge on any atom is 0.339 e. The summed E-state index contributed by atoms with van der Waals surface area (Å²) in [5.41, 5.74) is 0.744. The number of nitrogens with two attached hydrogens (primary N) is 1. The molecule has 0 aliphatic heterocycles. The average molecular weight is 198 g/mol. The van der Waals surface area contributed by atoms with Crippen LogP contribution < -0.4 is 11.3 Å². The van der Waals surface area contributed by atoms with Gasteiger partial charge in [-0.2, -0.15) is 0 Å². The van der Waals surface area contributed by atoms with Gasteiger partial charge in [-0.25, -0.2) is 15.0 Å². The number of carbonyl (C=O) groups is 2. The van der Waals surface area contributed by atoms with Gasteiger partial charge >= 0.3 is 5.97 Å². The number of rotatable bonds is 2. The molecule has 1 aromatic carbocycles. The Morgan fingerprint density at radius 3 is 2.57 bits per heavy atom. The number of aromatic carboxylic acids is 1. The van der Waals surface area contributed by atoms with Crippen molar-refractivity contribution in [3.8, 4) is 0 Å². The molecule has 1 rings (SSSR count). The van der Waals surface area contributed by atoms with Gasteiger partial charge in [0.1, 0.15) is 11.4 Å². The molecule has 14 heavy (non-hydrogen) atoms. The standard InChI is InChI=1S/C8H7FN2O3/c9-5-3-1-2-4(7(12)11-10)6(5)8(13)14/h1-3H,10H2,(H,11,12)(H,13,14). The first kappa shape index (κ1) is 10.1. The fourth-order valence-corrected chi connectivity index (χ4v) is 1.01. The summed E-state index contributed by atoms with van der Waals surface area (Å²) in [6.45, 7) is 0. The highest BCUT2D eigenvalue weighted by Gasteiger charge is 2.19. The Morgan fingerprint density at radius 1 is 1.43 bits per heavy atom. The quantitative estimate of drug-likeness (QED) is 0.357. The van der Waals surface area contributed by atoms with E-state index in [1.54, 1.807) is 5.43 Å². The van der Waals surface area contributed by atoms with Crippen LogP contribution in [0.3, 0.4) is 0 Å². The smallest absolute Gasteiger partial charge is 0.339 e. The van der Waals surface area contributed by atoms with Crippen molar-refractivity contribution in [3.63, 3.8) is 0 Å². The SMILES string of the molecule is NNC(=O)c1cccc(F)c1C(=O)O. The Hall–Kier alpha value is -1.95. The van der Waals surface area contributed by atoms with E-state index >= 15 is 0 Å². The molecule has 0 aromatic heterocycles. The number of benzene rings is 1. The van der Waals surface area contributed by atoms with Gasteiger partial charge in [0.25, 0.3) is 5.91 Å². The van der Waals surface area contributed by atoms with Crippen LogP contribution in [0, 0.1) is 5.82 Å². The van der Waals surface area contributed by atoms with Crippen LogP contribution in [0.1, 0.15) is 20.7 Å². The third kappa shape index (κ3) is 1.69. The van der Waals surface area contributed by atoms with Gasteiger partial charge in [-0.15, -0.1) is 0 Å². The highest BCUT2D eigenvalue weighted by atomic mass is 19.1. The molecule has 0 atom stereocenters. The third-order valence-corrected chi connectivity index (χ3v) is 1.60. The highest BCUT2D eigenvalue weighted by molar-refractivity contribution is 6.04. The molecule has 0 spiro atoms. The Morgan fingerprint density at radius 2 is 2.07 bits per heavy atom. The molecule has 74 valence electrons. The monoisotopic (exact) mass is 198 g/mol. The summed E-state index contributed by atoms with van der Waals surface area (Å²) in [4.78, 5) is 21.6. The zero-order valence-corrected chi connectivity index (χ0v) is 6.95. The summed E-state index contributed by atoms with van der Waals surface area (Å²) in [7, 11) is 0. The fourth-order valence-electron chi connectivity index (χ4n) is 1.01. The molecule has 0 unspecified atom stereocenters. The van der Waals surface area contributed by atoms with E-state index in [9.17, 15) is 14.0 Å². The van der Waals surface area contributed by atoms with Gasteiger partial charge in [0.05, 0.1) is 5.56 Å². The maximum absolute atomic E-state index is 13.0. The predicted octanol–water partition coefficient (Wildman–Crippen LogP) is 0.127. The lowest BCUT2D eigenvalue weighted by Gasteiger charge is -2.04. The van der Waals surface area contributed by atoms with Crippen LogP contribution in [0.2, 0.25) is 0 Å². The largest absolute Gasteiger partial charge is 0.478 e. The zero-order chi connectivity index (χ0) is 10.7. The van der Waals surface area contributed by atoms with E-state index < -0.39 is 23.3 Å². The zero-order valence-electron chi connectivity index (χ0n) is 6.95. The van der Waals surface area contributed by atoms with E-state index in [1.807, 2.05) is 0 Å². The Labute approximate surface area is 78.3 Å². The topological polar surface area (TPSA) is 92.4 Å². The number of hydrogen-bond donors (Lipinski definition) is 3. The second-order valence-corrected chi connectivity index (χ2v) is 2.44. The maximum atomic E-state index is 13.0. The minimum Gasteiger partial charge on any atom is -0.478 e. The van der Waals surface area contributed by atoms with Crippen LogP contribution in [-0.2, 0) is 0 Å². The molecule has 0 aliphatic rings. The van der Waals surface area contributed by atoms with E-state index in [-0.39, 0.29) is 5.56 Å². The van der Waals surface area contributed by atoms with Crippen molar-refractivity contribution in [1.82, 2.24) is 5.43 Å². The van der Waals surface area contributed by atoms with Gasteiger partial charge < -0.3 is 5.11 Å². The molecule has 1 amide bonds. The minimum atomic E-state index is -1.51. The number of hydrogen-bond acceptors (Lipinski definition) is 3. The van der Waals surface area contributed by atoms with Gasteiger partial charge in [-0.05, 0) is 12.1 Å². The number of carboxylic acid groups (broad SMARTS) is 1. The summed E-state index contributed by atoms with van der Waals surface area (Å²) >= 11 is 0.